The lowest BCUT2D eigenvalue weighted by molar-refractivity contribution is -0.1000. The summed E-state index contributed by atoms with van der Waals surface area (Å²) < 4.78 is 16.3. The Morgan fingerprint density at radius 2 is 1.80 bits per heavy atom. The summed E-state index contributed by atoms with van der Waals surface area (Å²) in [5.74, 6) is 2.03. The van der Waals surface area contributed by atoms with E-state index in [4.69, 9.17) is 14.2 Å². The molecule has 6 nitrogen and oxygen atoms in total. The molecule has 0 radical (unpaired) electrons. The molecule has 1 aromatic rings. The molecule has 0 bridgehead atoms. The van der Waals surface area contributed by atoms with E-state index in [0.29, 0.717) is 36.6 Å². The largest absolute Gasteiger partial charge is 0.491 e. The van der Waals surface area contributed by atoms with Crippen LogP contribution in [0.15, 0.2) is 18.2 Å². The Morgan fingerprint density at radius 3 is 2.48 bits per heavy atom. The maximum atomic E-state index is 10.5. The SMILES string of the molecule is CC1(C)CC(O)CC(C)(C)N1CC(O)COc1ccc2c(c1)OCO2. The Bertz CT molecular complexity index is 598. The molecule has 0 saturated carbocycles. The molecule has 0 aliphatic carbocycles. The van der Waals surface area contributed by atoms with Gasteiger partial charge < -0.3 is 24.4 Å². The third-order valence-electron chi connectivity index (χ3n) is 5.11. The second-order valence-corrected chi connectivity index (χ2v) is 8.28. The van der Waals surface area contributed by atoms with Crippen molar-refractivity contribution in [3.63, 3.8) is 0 Å². The lowest BCUT2D eigenvalue weighted by Gasteiger charge is -2.54. The normalized spacial score (nSPS) is 23.4. The standard InChI is InChI=1S/C19H29NO5/c1-18(2)8-13(21)9-19(3,4)20(18)10-14(22)11-23-15-5-6-16-17(7-15)25-12-24-16/h5-7,13-14,21-22H,8-12H2,1-4H3. The minimum absolute atomic E-state index is 0.180. The van der Waals surface area contributed by atoms with Crippen LogP contribution in [0.2, 0.25) is 0 Å². The van der Waals surface area contributed by atoms with Crippen molar-refractivity contribution in [2.75, 3.05) is 19.9 Å². The predicted octanol–water partition coefficient (Wildman–Crippen LogP) is 2.17. The van der Waals surface area contributed by atoms with Crippen LogP contribution >= 0.6 is 0 Å². The van der Waals surface area contributed by atoms with Crippen LogP contribution in [0.4, 0.5) is 0 Å². The maximum Gasteiger partial charge on any atom is 0.231 e. The van der Waals surface area contributed by atoms with Gasteiger partial charge in [0.25, 0.3) is 0 Å². The molecule has 6 heteroatoms. The highest BCUT2D eigenvalue weighted by atomic mass is 16.7. The zero-order valence-corrected chi connectivity index (χ0v) is 15.5. The van der Waals surface area contributed by atoms with Gasteiger partial charge >= 0.3 is 0 Å². The first-order chi connectivity index (χ1) is 11.7. The van der Waals surface area contributed by atoms with Crippen LogP contribution in [0.5, 0.6) is 17.2 Å². The zero-order chi connectivity index (χ0) is 18.2. The molecule has 3 rings (SSSR count). The topological polar surface area (TPSA) is 71.4 Å². The van der Waals surface area contributed by atoms with E-state index < -0.39 is 6.10 Å². The van der Waals surface area contributed by atoms with Crippen LogP contribution in [0.1, 0.15) is 40.5 Å². The Morgan fingerprint density at radius 1 is 1.16 bits per heavy atom. The lowest BCUT2D eigenvalue weighted by Crippen LogP contribution is -2.63. The fourth-order valence-corrected chi connectivity index (χ4v) is 4.18. The number of aliphatic hydroxyl groups excluding tert-OH is 2. The van der Waals surface area contributed by atoms with E-state index in [1.165, 1.54) is 0 Å². The van der Waals surface area contributed by atoms with E-state index in [-0.39, 0.29) is 30.6 Å². The van der Waals surface area contributed by atoms with Crippen molar-refractivity contribution in [1.82, 2.24) is 4.90 Å². The number of β-amino-alcohol motifs (C(OH)–C–C–N with tert-alkyl or cyclic N) is 1. The van der Waals surface area contributed by atoms with Gasteiger partial charge in [0.15, 0.2) is 11.5 Å². The fraction of sp³-hybridized carbons (Fsp3) is 0.684. The highest BCUT2D eigenvalue weighted by Crippen LogP contribution is 2.38. The van der Waals surface area contributed by atoms with E-state index in [1.54, 1.807) is 6.07 Å². The van der Waals surface area contributed by atoms with E-state index >= 15 is 0 Å². The number of benzene rings is 1. The van der Waals surface area contributed by atoms with Gasteiger partial charge in [-0.25, -0.2) is 0 Å². The van der Waals surface area contributed by atoms with Crippen LogP contribution < -0.4 is 14.2 Å². The average molecular weight is 351 g/mol. The van der Waals surface area contributed by atoms with Crippen LogP contribution in [0, 0.1) is 0 Å². The molecular weight excluding hydrogens is 322 g/mol. The minimum atomic E-state index is -0.626. The molecule has 1 fully saturated rings. The summed E-state index contributed by atoms with van der Waals surface area (Å²) in [6, 6.07) is 5.40. The second-order valence-electron chi connectivity index (χ2n) is 8.28. The smallest absolute Gasteiger partial charge is 0.231 e. The number of likely N-dealkylation sites (tertiary alicyclic amines) is 1. The zero-order valence-electron chi connectivity index (χ0n) is 15.5. The molecule has 2 aliphatic rings. The third kappa shape index (κ3) is 4.02. The average Bonchev–Trinajstić information content (AvgIpc) is 2.95. The van der Waals surface area contributed by atoms with Gasteiger partial charge in [0, 0.05) is 23.7 Å². The molecule has 0 spiro atoms. The maximum absolute atomic E-state index is 10.5. The van der Waals surface area contributed by atoms with Crippen molar-refractivity contribution >= 4 is 0 Å². The molecule has 0 amide bonds. The summed E-state index contributed by atoms with van der Waals surface area (Å²) in [4.78, 5) is 2.28. The van der Waals surface area contributed by atoms with E-state index in [9.17, 15) is 10.2 Å². The van der Waals surface area contributed by atoms with Gasteiger partial charge in [-0.05, 0) is 52.7 Å². The number of hydrogen-bond acceptors (Lipinski definition) is 6. The van der Waals surface area contributed by atoms with E-state index in [1.807, 2.05) is 12.1 Å². The highest BCUT2D eigenvalue weighted by molar-refractivity contribution is 5.46. The number of hydrogen-bond donors (Lipinski definition) is 2. The van der Waals surface area contributed by atoms with Crippen LogP contribution in [-0.2, 0) is 0 Å². The summed E-state index contributed by atoms with van der Waals surface area (Å²) in [6.45, 7) is 9.38. The number of nitrogens with zero attached hydrogens (tertiary/aromatic N) is 1. The molecule has 2 aliphatic heterocycles. The van der Waals surface area contributed by atoms with Gasteiger partial charge in [-0.3, -0.25) is 4.90 Å². The first kappa shape index (κ1) is 18.3. The summed E-state index contributed by atoms with van der Waals surface area (Å²) in [5, 5.41) is 20.6. The Kier molecular flexibility index (Phi) is 4.88. The molecular formula is C19H29NO5. The van der Waals surface area contributed by atoms with Crippen LogP contribution in [0.3, 0.4) is 0 Å². The molecule has 0 aromatic heterocycles. The van der Waals surface area contributed by atoms with Crippen molar-refractivity contribution in [2.45, 2.75) is 63.8 Å². The summed E-state index contributed by atoms with van der Waals surface area (Å²) in [7, 11) is 0. The molecule has 1 unspecified atom stereocenters. The summed E-state index contributed by atoms with van der Waals surface area (Å²) in [6.07, 6.45) is 0.473. The Balaban J connectivity index is 1.59. The molecule has 2 heterocycles. The van der Waals surface area contributed by atoms with Crippen molar-refractivity contribution < 1.29 is 24.4 Å². The van der Waals surface area contributed by atoms with Gasteiger partial charge in [-0.15, -0.1) is 0 Å². The molecule has 2 N–H and O–H groups in total. The highest BCUT2D eigenvalue weighted by Gasteiger charge is 2.45. The summed E-state index contributed by atoms with van der Waals surface area (Å²) >= 11 is 0. The second kappa shape index (κ2) is 6.67. The van der Waals surface area contributed by atoms with Crippen LogP contribution in [-0.4, -0.2) is 58.3 Å². The van der Waals surface area contributed by atoms with Crippen molar-refractivity contribution in [2.24, 2.45) is 0 Å². The quantitative estimate of drug-likeness (QED) is 0.847. The fourth-order valence-electron chi connectivity index (χ4n) is 4.18. The number of ether oxygens (including phenoxy) is 3. The number of piperidine rings is 1. The van der Waals surface area contributed by atoms with Gasteiger partial charge in [0.05, 0.1) is 6.10 Å². The first-order valence-corrected chi connectivity index (χ1v) is 8.84. The van der Waals surface area contributed by atoms with Crippen molar-refractivity contribution in [3.8, 4) is 17.2 Å². The van der Waals surface area contributed by atoms with E-state index in [2.05, 4.69) is 32.6 Å². The van der Waals surface area contributed by atoms with Crippen molar-refractivity contribution in [3.05, 3.63) is 18.2 Å². The van der Waals surface area contributed by atoms with Gasteiger partial charge in [0.1, 0.15) is 18.5 Å². The van der Waals surface area contributed by atoms with Crippen molar-refractivity contribution in [1.29, 1.82) is 0 Å². The molecule has 1 saturated heterocycles. The minimum Gasteiger partial charge on any atom is -0.491 e. The Hall–Kier alpha value is -1.50. The number of aliphatic hydroxyl groups is 2. The lowest BCUT2D eigenvalue weighted by atomic mass is 9.78. The van der Waals surface area contributed by atoms with E-state index in [0.717, 1.165) is 0 Å². The van der Waals surface area contributed by atoms with Gasteiger partial charge in [0.2, 0.25) is 6.79 Å². The molecule has 25 heavy (non-hydrogen) atoms. The third-order valence-corrected chi connectivity index (χ3v) is 5.11. The first-order valence-electron chi connectivity index (χ1n) is 8.84. The summed E-state index contributed by atoms with van der Waals surface area (Å²) in [5.41, 5.74) is -0.359. The number of rotatable bonds is 5. The predicted molar refractivity (Wildman–Crippen MR) is 94.2 cm³/mol. The molecule has 1 atom stereocenters. The van der Waals surface area contributed by atoms with Gasteiger partial charge in [-0.1, -0.05) is 0 Å². The van der Waals surface area contributed by atoms with Crippen LogP contribution in [0.25, 0.3) is 0 Å². The van der Waals surface area contributed by atoms with Gasteiger partial charge in [-0.2, -0.15) is 0 Å². The molecule has 1 aromatic carbocycles. The number of fused-ring (bicyclic) bond motifs is 1. The monoisotopic (exact) mass is 351 g/mol. The molecule has 140 valence electrons. The Labute approximate surface area is 149 Å².